The third-order valence-electron chi connectivity index (χ3n) is 4.22. The van der Waals surface area contributed by atoms with Crippen LogP contribution in [0.2, 0.25) is 0 Å². The van der Waals surface area contributed by atoms with E-state index in [9.17, 15) is 9.59 Å². The SMILES string of the molecule is Cc1ccc(NC(=O)C2(C(=O)NCc3cccnc3)CC2)cc1Br. The number of hydrogen-bond donors (Lipinski definition) is 2. The smallest absolute Gasteiger partial charge is 0.240 e. The van der Waals surface area contributed by atoms with Gasteiger partial charge in [-0.1, -0.05) is 28.1 Å². The third kappa shape index (κ3) is 3.48. The molecule has 5 nitrogen and oxygen atoms in total. The van der Waals surface area contributed by atoms with Crippen molar-refractivity contribution < 1.29 is 9.59 Å². The van der Waals surface area contributed by atoms with Crippen molar-refractivity contribution in [2.45, 2.75) is 26.3 Å². The highest BCUT2D eigenvalue weighted by Gasteiger charge is 2.56. The van der Waals surface area contributed by atoms with E-state index in [1.54, 1.807) is 12.4 Å². The van der Waals surface area contributed by atoms with Crippen molar-refractivity contribution in [3.05, 3.63) is 58.3 Å². The molecule has 3 rings (SSSR count). The van der Waals surface area contributed by atoms with Gasteiger partial charge in [-0.25, -0.2) is 0 Å². The van der Waals surface area contributed by atoms with Gasteiger partial charge in [-0.3, -0.25) is 14.6 Å². The fourth-order valence-electron chi connectivity index (χ4n) is 2.46. The van der Waals surface area contributed by atoms with Crippen molar-refractivity contribution in [1.82, 2.24) is 10.3 Å². The number of nitrogens with zero attached hydrogens (tertiary/aromatic N) is 1. The molecule has 1 aromatic heterocycles. The quantitative estimate of drug-likeness (QED) is 0.773. The zero-order valence-electron chi connectivity index (χ0n) is 13.3. The Morgan fingerprint density at radius 3 is 2.67 bits per heavy atom. The van der Waals surface area contributed by atoms with E-state index in [1.165, 1.54) is 0 Å². The number of carbonyl (C=O) groups excluding carboxylic acids is 2. The first-order valence-corrected chi connectivity index (χ1v) is 8.55. The molecule has 1 saturated carbocycles. The Kier molecular flexibility index (Phi) is 4.66. The van der Waals surface area contributed by atoms with Gasteiger partial charge in [0, 0.05) is 29.1 Å². The van der Waals surface area contributed by atoms with Gasteiger partial charge in [-0.05, 0) is 49.1 Å². The predicted molar refractivity (Wildman–Crippen MR) is 95.3 cm³/mol. The predicted octanol–water partition coefficient (Wildman–Crippen LogP) is 3.19. The van der Waals surface area contributed by atoms with Gasteiger partial charge in [0.05, 0.1) is 0 Å². The molecule has 2 aromatic rings. The molecular formula is C18H18BrN3O2. The molecule has 6 heteroatoms. The van der Waals surface area contributed by atoms with Crippen LogP contribution in [0.4, 0.5) is 5.69 Å². The van der Waals surface area contributed by atoms with Crippen LogP contribution in [0.5, 0.6) is 0 Å². The zero-order chi connectivity index (χ0) is 17.2. The summed E-state index contributed by atoms with van der Waals surface area (Å²) in [5.74, 6) is -0.475. The van der Waals surface area contributed by atoms with Crippen molar-refractivity contribution >= 4 is 33.4 Å². The van der Waals surface area contributed by atoms with Gasteiger partial charge in [0.2, 0.25) is 11.8 Å². The summed E-state index contributed by atoms with van der Waals surface area (Å²) in [7, 11) is 0. The van der Waals surface area contributed by atoms with E-state index in [0.717, 1.165) is 15.6 Å². The van der Waals surface area contributed by atoms with E-state index < -0.39 is 5.41 Å². The maximum atomic E-state index is 12.5. The normalized spacial score (nSPS) is 14.8. The molecular weight excluding hydrogens is 370 g/mol. The summed E-state index contributed by atoms with van der Waals surface area (Å²) in [6.07, 6.45) is 4.53. The average molecular weight is 388 g/mol. The largest absolute Gasteiger partial charge is 0.351 e. The summed E-state index contributed by atoms with van der Waals surface area (Å²) >= 11 is 3.45. The van der Waals surface area contributed by atoms with Crippen LogP contribution >= 0.6 is 15.9 Å². The summed E-state index contributed by atoms with van der Waals surface area (Å²) in [6.45, 7) is 2.35. The molecule has 0 unspecified atom stereocenters. The van der Waals surface area contributed by atoms with Crippen LogP contribution < -0.4 is 10.6 Å². The Labute approximate surface area is 149 Å². The van der Waals surface area contributed by atoms with Crippen LogP contribution in [0, 0.1) is 12.3 Å². The number of pyridine rings is 1. The van der Waals surface area contributed by atoms with Crippen LogP contribution in [0.1, 0.15) is 24.0 Å². The molecule has 0 saturated heterocycles. The number of nitrogens with one attached hydrogen (secondary N) is 2. The molecule has 0 atom stereocenters. The van der Waals surface area contributed by atoms with E-state index in [4.69, 9.17) is 0 Å². The Morgan fingerprint density at radius 1 is 1.25 bits per heavy atom. The maximum Gasteiger partial charge on any atom is 0.240 e. The van der Waals surface area contributed by atoms with E-state index in [0.29, 0.717) is 25.1 Å². The number of anilines is 1. The summed E-state index contributed by atoms with van der Waals surface area (Å²) in [5, 5.41) is 5.69. The lowest BCUT2D eigenvalue weighted by atomic mass is 10.0. The van der Waals surface area contributed by atoms with E-state index in [2.05, 4.69) is 31.5 Å². The second-order valence-corrected chi connectivity index (χ2v) is 6.90. The highest BCUT2D eigenvalue weighted by Crippen LogP contribution is 2.47. The molecule has 24 heavy (non-hydrogen) atoms. The molecule has 0 bridgehead atoms. The number of aryl methyl sites for hydroxylation is 1. The number of aromatic nitrogens is 1. The Balaban J connectivity index is 1.63. The number of hydrogen-bond acceptors (Lipinski definition) is 3. The van der Waals surface area contributed by atoms with Crippen LogP contribution in [-0.2, 0) is 16.1 Å². The molecule has 1 aliphatic rings. The summed E-state index contributed by atoms with van der Waals surface area (Å²) in [4.78, 5) is 29.0. The number of carbonyl (C=O) groups is 2. The van der Waals surface area contributed by atoms with Crippen LogP contribution in [-0.4, -0.2) is 16.8 Å². The first-order chi connectivity index (χ1) is 11.5. The minimum absolute atomic E-state index is 0.227. The van der Waals surface area contributed by atoms with Gasteiger partial charge in [-0.15, -0.1) is 0 Å². The van der Waals surface area contributed by atoms with E-state index >= 15 is 0 Å². The van der Waals surface area contributed by atoms with Crippen molar-refractivity contribution in [2.75, 3.05) is 5.32 Å². The second-order valence-electron chi connectivity index (χ2n) is 6.04. The molecule has 2 N–H and O–H groups in total. The molecule has 1 heterocycles. The zero-order valence-corrected chi connectivity index (χ0v) is 14.9. The molecule has 0 radical (unpaired) electrons. The van der Waals surface area contributed by atoms with Crippen molar-refractivity contribution in [3.63, 3.8) is 0 Å². The molecule has 1 fully saturated rings. The lowest BCUT2D eigenvalue weighted by molar-refractivity contribution is -0.134. The Hall–Kier alpha value is -2.21. The first kappa shape index (κ1) is 16.6. The van der Waals surface area contributed by atoms with Crippen molar-refractivity contribution in [3.8, 4) is 0 Å². The summed E-state index contributed by atoms with van der Waals surface area (Å²) in [5.41, 5.74) is 1.73. The molecule has 0 spiro atoms. The number of amides is 2. The van der Waals surface area contributed by atoms with Gasteiger partial charge in [0.1, 0.15) is 5.41 Å². The minimum atomic E-state index is -0.945. The molecule has 124 valence electrons. The van der Waals surface area contributed by atoms with Crippen LogP contribution in [0.25, 0.3) is 0 Å². The van der Waals surface area contributed by atoms with Gasteiger partial charge >= 0.3 is 0 Å². The van der Waals surface area contributed by atoms with Gasteiger partial charge in [0.25, 0.3) is 0 Å². The summed E-state index contributed by atoms with van der Waals surface area (Å²) < 4.78 is 0.922. The van der Waals surface area contributed by atoms with Crippen LogP contribution in [0.3, 0.4) is 0 Å². The molecule has 0 aliphatic heterocycles. The third-order valence-corrected chi connectivity index (χ3v) is 5.08. The van der Waals surface area contributed by atoms with Crippen LogP contribution in [0.15, 0.2) is 47.2 Å². The maximum absolute atomic E-state index is 12.5. The number of rotatable bonds is 5. The summed E-state index contributed by atoms with van der Waals surface area (Å²) in [6, 6.07) is 9.30. The fourth-order valence-corrected chi connectivity index (χ4v) is 2.84. The molecule has 2 amide bonds. The van der Waals surface area contributed by atoms with E-state index in [1.807, 2.05) is 37.3 Å². The topological polar surface area (TPSA) is 71.1 Å². The van der Waals surface area contributed by atoms with E-state index in [-0.39, 0.29) is 11.8 Å². The highest BCUT2D eigenvalue weighted by molar-refractivity contribution is 9.10. The Bertz CT molecular complexity index is 773. The van der Waals surface area contributed by atoms with Crippen molar-refractivity contribution in [1.29, 1.82) is 0 Å². The average Bonchev–Trinajstić information content (AvgIpc) is 3.39. The molecule has 1 aromatic carbocycles. The second kappa shape index (κ2) is 6.73. The minimum Gasteiger partial charge on any atom is -0.351 e. The monoisotopic (exact) mass is 387 g/mol. The lowest BCUT2D eigenvalue weighted by Crippen LogP contribution is -2.39. The Morgan fingerprint density at radius 2 is 2.04 bits per heavy atom. The number of halogens is 1. The van der Waals surface area contributed by atoms with Crippen molar-refractivity contribution in [2.24, 2.45) is 5.41 Å². The van der Waals surface area contributed by atoms with Gasteiger partial charge < -0.3 is 10.6 Å². The fraction of sp³-hybridized carbons (Fsp3) is 0.278. The van der Waals surface area contributed by atoms with Gasteiger partial charge in [-0.2, -0.15) is 0 Å². The molecule has 1 aliphatic carbocycles. The lowest BCUT2D eigenvalue weighted by Gasteiger charge is -2.16. The highest BCUT2D eigenvalue weighted by atomic mass is 79.9. The van der Waals surface area contributed by atoms with Gasteiger partial charge in [0.15, 0.2) is 0 Å². The first-order valence-electron chi connectivity index (χ1n) is 7.76. The standard InChI is InChI=1S/C18H18BrN3O2/c1-12-4-5-14(9-15(12)19)22-17(24)18(6-7-18)16(23)21-11-13-3-2-8-20-10-13/h2-5,8-10H,6-7,11H2,1H3,(H,21,23)(H,22,24). The number of benzene rings is 1.